The summed E-state index contributed by atoms with van der Waals surface area (Å²) in [5, 5.41) is 0. The van der Waals surface area contributed by atoms with Crippen molar-refractivity contribution in [2.24, 2.45) is 0 Å². The maximum absolute atomic E-state index is 13.4. The van der Waals surface area contributed by atoms with Gasteiger partial charge in [-0.1, -0.05) is 18.2 Å². The maximum atomic E-state index is 13.4. The van der Waals surface area contributed by atoms with Gasteiger partial charge in [0.1, 0.15) is 11.6 Å². The lowest BCUT2D eigenvalue weighted by atomic mass is 10.0. The van der Waals surface area contributed by atoms with Crippen LogP contribution in [0.2, 0.25) is 0 Å². The van der Waals surface area contributed by atoms with Crippen LogP contribution in [0, 0.1) is 10.6 Å². The molecule has 0 amide bonds. The number of aromatic nitrogens is 2. The first-order valence-corrected chi connectivity index (χ1v) is 7.26. The summed E-state index contributed by atoms with van der Waals surface area (Å²) in [6, 6.07) is 12.8. The van der Waals surface area contributed by atoms with E-state index in [1.54, 1.807) is 6.07 Å². The van der Waals surface area contributed by atoms with Crippen LogP contribution in [0.15, 0.2) is 42.5 Å². The summed E-state index contributed by atoms with van der Waals surface area (Å²) in [7, 11) is 0. The maximum Gasteiger partial charge on any atom is 0.178 e. The Balaban J connectivity index is 1.96. The molecule has 0 saturated carbocycles. The van der Waals surface area contributed by atoms with Gasteiger partial charge in [0.2, 0.25) is 0 Å². The van der Waals surface area contributed by atoms with Crippen LogP contribution >= 0.6 is 12.2 Å². The fourth-order valence-electron chi connectivity index (χ4n) is 3.00. The highest BCUT2D eigenvalue weighted by Crippen LogP contribution is 2.36. The van der Waals surface area contributed by atoms with Gasteiger partial charge >= 0.3 is 0 Å². The minimum Gasteiger partial charge on any atom is -0.493 e. The summed E-state index contributed by atoms with van der Waals surface area (Å²) in [4.78, 5) is 3.09. The molecule has 0 spiro atoms. The van der Waals surface area contributed by atoms with Gasteiger partial charge in [0.05, 0.1) is 23.7 Å². The molecule has 0 fully saturated rings. The highest BCUT2D eigenvalue weighted by atomic mass is 32.1. The third-order valence-corrected chi connectivity index (χ3v) is 4.22. The van der Waals surface area contributed by atoms with Crippen molar-refractivity contribution < 1.29 is 9.13 Å². The van der Waals surface area contributed by atoms with Crippen LogP contribution in [0.1, 0.15) is 18.0 Å². The molecule has 2 heterocycles. The average Bonchev–Trinajstić information content (AvgIpc) is 2.81. The molecule has 0 saturated heterocycles. The molecular weight excluding hydrogens is 287 g/mol. The van der Waals surface area contributed by atoms with Crippen molar-refractivity contribution in [3.05, 3.63) is 58.6 Å². The first-order valence-electron chi connectivity index (χ1n) is 6.85. The van der Waals surface area contributed by atoms with Gasteiger partial charge in [0.25, 0.3) is 0 Å². The molecule has 0 radical (unpaired) electrons. The van der Waals surface area contributed by atoms with E-state index in [9.17, 15) is 4.39 Å². The Labute approximate surface area is 126 Å². The Kier molecular flexibility index (Phi) is 2.82. The number of para-hydroxylation sites is 1. The van der Waals surface area contributed by atoms with Gasteiger partial charge in [-0.25, -0.2) is 4.39 Å². The number of imidazole rings is 1. The topological polar surface area (TPSA) is 29.9 Å². The second-order valence-corrected chi connectivity index (χ2v) is 5.54. The summed E-state index contributed by atoms with van der Waals surface area (Å²) in [5.74, 6) is 0.630. The molecule has 1 aromatic heterocycles. The summed E-state index contributed by atoms with van der Waals surface area (Å²) < 4.78 is 21.8. The molecule has 1 aliphatic rings. The van der Waals surface area contributed by atoms with Crippen molar-refractivity contribution in [2.75, 3.05) is 6.61 Å². The fourth-order valence-corrected chi connectivity index (χ4v) is 3.34. The Morgan fingerprint density at radius 1 is 1.24 bits per heavy atom. The van der Waals surface area contributed by atoms with E-state index < -0.39 is 0 Å². The van der Waals surface area contributed by atoms with E-state index in [0.29, 0.717) is 11.4 Å². The third-order valence-electron chi connectivity index (χ3n) is 3.92. The fraction of sp³-hybridized carbons (Fsp3) is 0.188. The number of aromatic amines is 1. The molecule has 3 nitrogen and oxygen atoms in total. The molecule has 106 valence electrons. The third kappa shape index (κ3) is 1.96. The SMILES string of the molecule is Fc1ccc2c(c1)[nH]c(=S)n2C1CCOc2ccccc21. The molecule has 1 unspecified atom stereocenters. The first kappa shape index (κ1) is 12.6. The van der Waals surface area contributed by atoms with Crippen LogP contribution in [-0.2, 0) is 0 Å². The number of halogens is 1. The van der Waals surface area contributed by atoms with Crippen LogP contribution in [0.3, 0.4) is 0 Å². The van der Waals surface area contributed by atoms with Crippen LogP contribution in [0.4, 0.5) is 4.39 Å². The molecule has 0 aliphatic carbocycles. The predicted octanol–water partition coefficient (Wildman–Crippen LogP) is 4.21. The molecule has 5 heteroatoms. The smallest absolute Gasteiger partial charge is 0.178 e. The Bertz CT molecular complexity index is 883. The number of H-pyrrole nitrogens is 1. The summed E-state index contributed by atoms with van der Waals surface area (Å²) >= 11 is 5.45. The van der Waals surface area contributed by atoms with Crippen molar-refractivity contribution in [3.8, 4) is 5.75 Å². The van der Waals surface area contributed by atoms with Crippen LogP contribution in [0.5, 0.6) is 5.75 Å². The molecule has 4 rings (SSSR count). The van der Waals surface area contributed by atoms with Gasteiger partial charge in [-0.05, 0) is 36.5 Å². The van der Waals surface area contributed by atoms with E-state index in [-0.39, 0.29) is 11.9 Å². The van der Waals surface area contributed by atoms with Crippen LogP contribution in [-0.4, -0.2) is 16.2 Å². The van der Waals surface area contributed by atoms with E-state index in [4.69, 9.17) is 17.0 Å². The second-order valence-electron chi connectivity index (χ2n) is 5.15. The van der Waals surface area contributed by atoms with Gasteiger partial charge in [-0.2, -0.15) is 0 Å². The zero-order valence-electron chi connectivity index (χ0n) is 11.2. The monoisotopic (exact) mass is 300 g/mol. The largest absolute Gasteiger partial charge is 0.493 e. The van der Waals surface area contributed by atoms with E-state index in [1.165, 1.54) is 12.1 Å². The minimum absolute atomic E-state index is 0.113. The van der Waals surface area contributed by atoms with Crippen LogP contribution in [0.25, 0.3) is 11.0 Å². The summed E-state index contributed by atoms with van der Waals surface area (Å²) in [6.07, 6.45) is 0.843. The van der Waals surface area contributed by atoms with Gasteiger partial charge in [0.15, 0.2) is 4.77 Å². The van der Waals surface area contributed by atoms with E-state index in [0.717, 1.165) is 28.8 Å². The molecule has 1 N–H and O–H groups in total. The minimum atomic E-state index is -0.265. The lowest BCUT2D eigenvalue weighted by molar-refractivity contribution is 0.257. The summed E-state index contributed by atoms with van der Waals surface area (Å²) in [6.45, 7) is 0.650. The highest BCUT2D eigenvalue weighted by molar-refractivity contribution is 7.71. The standard InChI is InChI=1S/C16H13FN2OS/c17-10-5-6-14-12(9-10)18-16(21)19(14)13-7-8-20-15-4-2-1-3-11(13)15/h1-6,9,13H,7-8H2,(H,18,21). The lowest BCUT2D eigenvalue weighted by Gasteiger charge is -2.27. The molecule has 21 heavy (non-hydrogen) atoms. The Hall–Kier alpha value is -2.14. The quantitative estimate of drug-likeness (QED) is 0.682. The number of rotatable bonds is 1. The number of nitrogens with one attached hydrogen (secondary N) is 1. The van der Waals surface area contributed by atoms with E-state index >= 15 is 0 Å². The highest BCUT2D eigenvalue weighted by Gasteiger charge is 2.24. The predicted molar refractivity (Wildman–Crippen MR) is 81.8 cm³/mol. The average molecular weight is 300 g/mol. The van der Waals surface area contributed by atoms with Crippen LogP contribution < -0.4 is 4.74 Å². The Morgan fingerprint density at radius 3 is 3.00 bits per heavy atom. The van der Waals surface area contributed by atoms with Crippen molar-refractivity contribution in [2.45, 2.75) is 12.5 Å². The molecule has 3 aromatic rings. The second kappa shape index (κ2) is 4.70. The number of ether oxygens (including phenoxy) is 1. The summed E-state index contributed by atoms with van der Waals surface area (Å²) in [5.41, 5.74) is 2.76. The molecule has 2 aromatic carbocycles. The van der Waals surface area contributed by atoms with Gasteiger partial charge in [0, 0.05) is 12.0 Å². The van der Waals surface area contributed by atoms with Gasteiger partial charge in [-0.3, -0.25) is 0 Å². The van der Waals surface area contributed by atoms with Crippen molar-refractivity contribution >= 4 is 23.3 Å². The van der Waals surface area contributed by atoms with Gasteiger partial charge in [-0.15, -0.1) is 0 Å². The molecule has 1 atom stereocenters. The van der Waals surface area contributed by atoms with Gasteiger partial charge < -0.3 is 14.3 Å². The van der Waals surface area contributed by atoms with Crippen molar-refractivity contribution in [1.82, 2.24) is 9.55 Å². The Morgan fingerprint density at radius 2 is 2.10 bits per heavy atom. The number of nitrogens with zero attached hydrogens (tertiary/aromatic N) is 1. The lowest BCUT2D eigenvalue weighted by Crippen LogP contribution is -2.20. The number of hydrogen-bond acceptors (Lipinski definition) is 2. The zero-order valence-corrected chi connectivity index (χ0v) is 12.0. The van der Waals surface area contributed by atoms with Crippen molar-refractivity contribution in [1.29, 1.82) is 0 Å². The number of hydrogen-bond donors (Lipinski definition) is 1. The number of fused-ring (bicyclic) bond motifs is 2. The normalized spacial score (nSPS) is 17.5. The zero-order chi connectivity index (χ0) is 14.4. The van der Waals surface area contributed by atoms with E-state index in [2.05, 4.69) is 15.6 Å². The molecular formula is C16H13FN2OS. The van der Waals surface area contributed by atoms with Crippen molar-refractivity contribution in [3.63, 3.8) is 0 Å². The van der Waals surface area contributed by atoms with E-state index in [1.807, 2.05) is 18.2 Å². The number of benzene rings is 2. The first-order chi connectivity index (χ1) is 10.2. The molecule has 1 aliphatic heterocycles. The molecule has 0 bridgehead atoms.